The fraction of sp³-hybridized carbons (Fsp3) is 0.318. The summed E-state index contributed by atoms with van der Waals surface area (Å²) < 4.78 is 16.5. The van der Waals surface area contributed by atoms with Crippen LogP contribution in [0.2, 0.25) is 0 Å². The summed E-state index contributed by atoms with van der Waals surface area (Å²) in [6.45, 7) is 0. The first-order chi connectivity index (χ1) is 13.2. The quantitative estimate of drug-likeness (QED) is 0.757. The molecule has 2 bridgehead atoms. The lowest BCUT2D eigenvalue weighted by Crippen LogP contribution is -2.25. The van der Waals surface area contributed by atoms with Crippen LogP contribution in [0, 0.1) is 17.8 Å². The van der Waals surface area contributed by atoms with E-state index < -0.39 is 0 Å². The Hall–Kier alpha value is -2.95. The second-order valence-corrected chi connectivity index (χ2v) is 7.02. The third-order valence-corrected chi connectivity index (χ3v) is 5.33. The Morgan fingerprint density at radius 3 is 2.33 bits per heavy atom. The van der Waals surface area contributed by atoms with Crippen LogP contribution in [0.5, 0.6) is 23.0 Å². The maximum atomic E-state index is 12.7. The molecule has 1 N–H and O–H groups in total. The normalized spacial score (nSPS) is 22.5. The summed E-state index contributed by atoms with van der Waals surface area (Å²) in [5.41, 5.74) is 0.705. The van der Waals surface area contributed by atoms with E-state index in [0.29, 0.717) is 34.8 Å². The van der Waals surface area contributed by atoms with E-state index >= 15 is 0 Å². The third kappa shape index (κ3) is 3.63. The summed E-state index contributed by atoms with van der Waals surface area (Å²) in [4.78, 5) is 12.7. The minimum Gasteiger partial charge on any atom is -0.497 e. The molecule has 1 amide bonds. The van der Waals surface area contributed by atoms with Gasteiger partial charge >= 0.3 is 0 Å². The van der Waals surface area contributed by atoms with Crippen molar-refractivity contribution >= 4 is 11.6 Å². The van der Waals surface area contributed by atoms with E-state index in [1.807, 2.05) is 30.3 Å². The Balaban J connectivity index is 1.49. The summed E-state index contributed by atoms with van der Waals surface area (Å²) in [7, 11) is 3.22. The van der Waals surface area contributed by atoms with Crippen LogP contribution in [0.15, 0.2) is 54.6 Å². The Morgan fingerprint density at radius 1 is 0.926 bits per heavy atom. The number of carbonyl (C=O) groups excluding carboxylic acids is 1. The zero-order chi connectivity index (χ0) is 18.8. The molecule has 0 saturated heterocycles. The van der Waals surface area contributed by atoms with Gasteiger partial charge in [-0.15, -0.1) is 0 Å². The van der Waals surface area contributed by atoms with Gasteiger partial charge < -0.3 is 19.5 Å². The van der Waals surface area contributed by atoms with Crippen molar-refractivity contribution in [1.29, 1.82) is 0 Å². The zero-order valence-corrected chi connectivity index (χ0v) is 15.5. The van der Waals surface area contributed by atoms with Crippen molar-refractivity contribution in [2.45, 2.75) is 12.8 Å². The Kier molecular flexibility index (Phi) is 4.75. The lowest BCUT2D eigenvalue weighted by Gasteiger charge is -2.18. The van der Waals surface area contributed by atoms with Gasteiger partial charge in [0.25, 0.3) is 0 Å². The van der Waals surface area contributed by atoms with Gasteiger partial charge in [0.1, 0.15) is 11.5 Å². The zero-order valence-electron chi connectivity index (χ0n) is 15.5. The largest absolute Gasteiger partial charge is 0.497 e. The Labute approximate surface area is 158 Å². The molecule has 2 aromatic carbocycles. The fourth-order valence-electron chi connectivity index (χ4n) is 3.92. The Bertz CT molecular complexity index is 859. The molecule has 27 heavy (non-hydrogen) atoms. The van der Waals surface area contributed by atoms with Crippen LogP contribution in [0.1, 0.15) is 12.8 Å². The molecule has 3 atom stereocenters. The van der Waals surface area contributed by atoms with Crippen molar-refractivity contribution in [3.8, 4) is 23.0 Å². The third-order valence-electron chi connectivity index (χ3n) is 5.33. The molecule has 0 aromatic heterocycles. The number of methoxy groups -OCH3 is 2. The van der Waals surface area contributed by atoms with Crippen molar-refractivity contribution < 1.29 is 19.0 Å². The molecule has 4 rings (SSSR count). The SMILES string of the molecule is COc1ccc(Oc2cc(NC(=O)[C@H]3C[C@H]4C=C[C@H]3C4)ccc2OC)cc1. The molecule has 2 aliphatic carbocycles. The molecule has 140 valence electrons. The number of hydrogen-bond acceptors (Lipinski definition) is 4. The van der Waals surface area contributed by atoms with Crippen molar-refractivity contribution in [3.05, 3.63) is 54.6 Å². The van der Waals surface area contributed by atoms with Crippen LogP contribution in [0.25, 0.3) is 0 Å². The molecule has 2 aliphatic rings. The van der Waals surface area contributed by atoms with Gasteiger partial charge in [0.2, 0.25) is 5.91 Å². The highest BCUT2D eigenvalue weighted by Crippen LogP contribution is 2.44. The number of anilines is 1. The number of fused-ring (bicyclic) bond motifs is 2. The smallest absolute Gasteiger partial charge is 0.228 e. The molecule has 5 heteroatoms. The van der Waals surface area contributed by atoms with Crippen LogP contribution >= 0.6 is 0 Å². The van der Waals surface area contributed by atoms with Crippen molar-refractivity contribution in [3.63, 3.8) is 0 Å². The van der Waals surface area contributed by atoms with Gasteiger partial charge in [-0.25, -0.2) is 0 Å². The van der Waals surface area contributed by atoms with Crippen molar-refractivity contribution in [2.24, 2.45) is 17.8 Å². The average Bonchev–Trinajstić information content (AvgIpc) is 3.32. The van der Waals surface area contributed by atoms with E-state index in [1.54, 1.807) is 26.4 Å². The number of benzene rings is 2. The number of ether oxygens (including phenoxy) is 3. The van der Waals surface area contributed by atoms with Crippen LogP contribution in [0.3, 0.4) is 0 Å². The molecule has 0 heterocycles. The molecular formula is C22H23NO4. The summed E-state index contributed by atoms with van der Waals surface area (Å²) in [5.74, 6) is 3.66. The highest BCUT2D eigenvalue weighted by Gasteiger charge is 2.39. The molecule has 0 aliphatic heterocycles. The van der Waals surface area contributed by atoms with E-state index in [4.69, 9.17) is 14.2 Å². The van der Waals surface area contributed by atoms with Crippen LogP contribution in [-0.2, 0) is 4.79 Å². The highest BCUT2D eigenvalue weighted by atomic mass is 16.5. The van der Waals surface area contributed by atoms with Crippen LogP contribution in [-0.4, -0.2) is 20.1 Å². The standard InChI is InChI=1S/C22H23NO4/c1-25-17-6-8-18(9-7-17)27-21-13-16(5-10-20(21)26-2)23-22(24)19-12-14-3-4-15(19)11-14/h3-10,13-15,19H,11-12H2,1-2H3,(H,23,24)/t14-,15-,19-/m0/s1. The van der Waals surface area contributed by atoms with Gasteiger partial charge in [0, 0.05) is 17.7 Å². The Morgan fingerprint density at radius 2 is 1.70 bits per heavy atom. The van der Waals surface area contributed by atoms with E-state index in [1.165, 1.54) is 0 Å². The van der Waals surface area contributed by atoms with Crippen molar-refractivity contribution in [2.75, 3.05) is 19.5 Å². The monoisotopic (exact) mass is 365 g/mol. The molecule has 5 nitrogen and oxygen atoms in total. The van der Waals surface area contributed by atoms with E-state index in [-0.39, 0.29) is 11.8 Å². The first-order valence-corrected chi connectivity index (χ1v) is 9.15. The lowest BCUT2D eigenvalue weighted by molar-refractivity contribution is -0.120. The second kappa shape index (κ2) is 7.35. The molecule has 0 spiro atoms. The van der Waals surface area contributed by atoms with E-state index in [2.05, 4.69) is 17.5 Å². The van der Waals surface area contributed by atoms with Crippen molar-refractivity contribution in [1.82, 2.24) is 0 Å². The predicted octanol–water partition coefficient (Wildman–Crippen LogP) is 4.65. The molecule has 0 radical (unpaired) electrons. The highest BCUT2D eigenvalue weighted by molar-refractivity contribution is 5.93. The first kappa shape index (κ1) is 17.5. The molecule has 0 unspecified atom stereocenters. The van der Waals surface area contributed by atoms with Gasteiger partial charge in [-0.3, -0.25) is 4.79 Å². The minimum atomic E-state index is 0.0630. The number of carbonyl (C=O) groups is 1. The van der Waals surface area contributed by atoms with Gasteiger partial charge in [0.05, 0.1) is 14.2 Å². The van der Waals surface area contributed by atoms with Gasteiger partial charge in [-0.05, 0) is 61.1 Å². The molecule has 1 saturated carbocycles. The number of rotatable bonds is 6. The maximum Gasteiger partial charge on any atom is 0.228 e. The summed E-state index contributed by atoms with van der Waals surface area (Å²) in [6.07, 6.45) is 6.47. The first-order valence-electron chi connectivity index (χ1n) is 9.15. The van der Waals surface area contributed by atoms with Gasteiger partial charge in [-0.2, -0.15) is 0 Å². The molecule has 1 fully saturated rings. The average molecular weight is 365 g/mol. The predicted molar refractivity (Wildman–Crippen MR) is 104 cm³/mol. The van der Waals surface area contributed by atoms with Crippen LogP contribution in [0.4, 0.5) is 5.69 Å². The lowest BCUT2D eigenvalue weighted by atomic mass is 9.93. The topological polar surface area (TPSA) is 56.8 Å². The van der Waals surface area contributed by atoms with E-state index in [9.17, 15) is 4.79 Å². The second-order valence-electron chi connectivity index (χ2n) is 7.02. The number of allylic oxidation sites excluding steroid dienone is 2. The fourth-order valence-corrected chi connectivity index (χ4v) is 3.92. The van der Waals surface area contributed by atoms with Gasteiger partial charge in [-0.1, -0.05) is 12.2 Å². The number of nitrogens with one attached hydrogen (secondary N) is 1. The maximum absolute atomic E-state index is 12.7. The molecular weight excluding hydrogens is 342 g/mol. The van der Waals surface area contributed by atoms with Crippen LogP contribution < -0.4 is 19.5 Å². The summed E-state index contributed by atoms with van der Waals surface area (Å²) in [5, 5.41) is 3.04. The molecule has 2 aromatic rings. The van der Waals surface area contributed by atoms with Gasteiger partial charge in [0.15, 0.2) is 11.5 Å². The number of hydrogen-bond donors (Lipinski definition) is 1. The number of amides is 1. The summed E-state index contributed by atoms with van der Waals surface area (Å²) in [6, 6.07) is 12.7. The van der Waals surface area contributed by atoms with E-state index in [0.717, 1.165) is 18.6 Å². The summed E-state index contributed by atoms with van der Waals surface area (Å²) >= 11 is 0. The minimum absolute atomic E-state index is 0.0630.